The monoisotopic (exact) mass is 378 g/mol. The van der Waals surface area contributed by atoms with Gasteiger partial charge in [0, 0.05) is 25.2 Å². The summed E-state index contributed by atoms with van der Waals surface area (Å²) < 4.78 is 0. The predicted octanol–water partition coefficient (Wildman–Crippen LogP) is 4.02. The molecule has 2 aromatic heterocycles. The molecular formula is C21H22N4OS. The van der Waals surface area contributed by atoms with Gasteiger partial charge in [-0.25, -0.2) is 9.97 Å². The van der Waals surface area contributed by atoms with Crippen LogP contribution in [0.15, 0.2) is 48.7 Å². The van der Waals surface area contributed by atoms with Crippen molar-refractivity contribution in [2.75, 3.05) is 18.9 Å². The molecule has 2 N–H and O–H groups in total. The summed E-state index contributed by atoms with van der Waals surface area (Å²) >= 11 is 1.45. The van der Waals surface area contributed by atoms with E-state index in [0.717, 1.165) is 23.4 Å². The van der Waals surface area contributed by atoms with E-state index in [1.165, 1.54) is 22.5 Å². The van der Waals surface area contributed by atoms with Gasteiger partial charge in [-0.2, -0.15) is 0 Å². The Balaban J connectivity index is 1.43. The van der Waals surface area contributed by atoms with Crippen molar-refractivity contribution in [3.05, 3.63) is 64.7 Å². The SMILES string of the molecule is CNc1nccc(-c2ccc(C(=O)NCC3(c4ccc(C)cc4)CC3)s2)n1. The molecule has 1 saturated carbocycles. The number of rotatable bonds is 6. The third kappa shape index (κ3) is 3.71. The highest BCUT2D eigenvalue weighted by atomic mass is 32.1. The van der Waals surface area contributed by atoms with Crippen LogP contribution in [0.25, 0.3) is 10.6 Å². The topological polar surface area (TPSA) is 66.9 Å². The fourth-order valence-electron chi connectivity index (χ4n) is 3.18. The van der Waals surface area contributed by atoms with E-state index in [-0.39, 0.29) is 11.3 Å². The molecule has 1 aliphatic rings. The van der Waals surface area contributed by atoms with Gasteiger partial charge in [-0.1, -0.05) is 29.8 Å². The van der Waals surface area contributed by atoms with E-state index in [0.29, 0.717) is 17.4 Å². The maximum Gasteiger partial charge on any atom is 0.261 e. The molecule has 5 nitrogen and oxygen atoms in total. The van der Waals surface area contributed by atoms with Crippen molar-refractivity contribution >= 4 is 23.2 Å². The number of carbonyl (C=O) groups excluding carboxylic acids is 1. The second kappa shape index (κ2) is 7.12. The molecule has 6 heteroatoms. The second-order valence-corrected chi connectivity index (χ2v) is 8.09. The van der Waals surface area contributed by atoms with Gasteiger partial charge in [-0.05, 0) is 43.5 Å². The molecule has 0 radical (unpaired) electrons. The van der Waals surface area contributed by atoms with E-state index in [1.807, 2.05) is 18.2 Å². The first-order chi connectivity index (χ1) is 13.1. The highest BCUT2D eigenvalue weighted by molar-refractivity contribution is 7.17. The molecule has 2 heterocycles. The van der Waals surface area contributed by atoms with E-state index in [1.54, 1.807) is 13.2 Å². The van der Waals surface area contributed by atoms with Crippen LogP contribution in [0.2, 0.25) is 0 Å². The second-order valence-electron chi connectivity index (χ2n) is 7.01. The molecule has 4 rings (SSSR count). The lowest BCUT2D eigenvalue weighted by Gasteiger charge is -2.16. The molecule has 0 unspecified atom stereocenters. The molecule has 138 valence electrons. The highest BCUT2D eigenvalue weighted by Crippen LogP contribution is 2.47. The number of aromatic nitrogens is 2. The number of aryl methyl sites for hydroxylation is 1. The van der Waals surface area contributed by atoms with Crippen LogP contribution in [-0.4, -0.2) is 29.5 Å². The summed E-state index contributed by atoms with van der Waals surface area (Å²) in [7, 11) is 1.79. The minimum absolute atomic E-state index is 0.0208. The number of hydrogen-bond acceptors (Lipinski definition) is 5. The Morgan fingerprint density at radius 2 is 1.93 bits per heavy atom. The van der Waals surface area contributed by atoms with Gasteiger partial charge in [0.25, 0.3) is 5.91 Å². The lowest BCUT2D eigenvalue weighted by molar-refractivity contribution is 0.0954. The van der Waals surface area contributed by atoms with Crippen LogP contribution in [-0.2, 0) is 5.41 Å². The molecule has 0 bridgehead atoms. The molecule has 0 aliphatic heterocycles. The van der Waals surface area contributed by atoms with Crippen LogP contribution < -0.4 is 10.6 Å². The first kappa shape index (κ1) is 17.7. The molecule has 1 aliphatic carbocycles. The van der Waals surface area contributed by atoms with Gasteiger partial charge in [0.2, 0.25) is 5.95 Å². The first-order valence-corrected chi connectivity index (χ1v) is 9.88. The summed E-state index contributed by atoms with van der Waals surface area (Å²) in [6, 6.07) is 14.3. The van der Waals surface area contributed by atoms with Gasteiger partial charge in [0.1, 0.15) is 0 Å². The van der Waals surface area contributed by atoms with E-state index in [2.05, 4.69) is 51.8 Å². The quantitative estimate of drug-likeness (QED) is 0.680. The molecule has 27 heavy (non-hydrogen) atoms. The largest absolute Gasteiger partial charge is 0.357 e. The number of nitrogens with zero attached hydrogens (tertiary/aromatic N) is 2. The molecule has 1 amide bonds. The normalized spacial score (nSPS) is 14.6. The van der Waals surface area contributed by atoms with E-state index >= 15 is 0 Å². The van der Waals surface area contributed by atoms with Crippen molar-refractivity contribution in [3.8, 4) is 10.6 Å². The summed E-state index contributed by atoms with van der Waals surface area (Å²) in [5.74, 6) is 0.549. The fourth-order valence-corrected chi connectivity index (χ4v) is 4.07. The average molecular weight is 379 g/mol. The maximum absolute atomic E-state index is 12.6. The molecule has 1 aromatic carbocycles. The molecule has 0 atom stereocenters. The number of carbonyl (C=O) groups is 1. The van der Waals surface area contributed by atoms with Gasteiger partial charge in [0.15, 0.2) is 0 Å². The Labute approximate surface area is 162 Å². The summed E-state index contributed by atoms with van der Waals surface area (Å²) in [5.41, 5.74) is 3.51. The summed E-state index contributed by atoms with van der Waals surface area (Å²) in [6.07, 6.45) is 3.96. The van der Waals surface area contributed by atoms with Crippen LogP contribution in [0.4, 0.5) is 5.95 Å². The van der Waals surface area contributed by atoms with Crippen molar-refractivity contribution < 1.29 is 4.79 Å². The maximum atomic E-state index is 12.6. The molecular weight excluding hydrogens is 356 g/mol. The predicted molar refractivity (Wildman–Crippen MR) is 109 cm³/mol. The fraction of sp³-hybridized carbons (Fsp3) is 0.286. The van der Waals surface area contributed by atoms with Crippen LogP contribution in [0, 0.1) is 6.92 Å². The zero-order chi connectivity index (χ0) is 18.9. The molecule has 0 spiro atoms. The first-order valence-electron chi connectivity index (χ1n) is 9.06. The number of nitrogens with one attached hydrogen (secondary N) is 2. The standard InChI is InChI=1S/C21H22N4OS/c1-14-3-5-15(6-4-14)21(10-11-21)13-24-19(26)18-8-7-17(27-18)16-9-12-23-20(22-2)25-16/h3-9,12H,10-11,13H2,1-2H3,(H,24,26)(H,22,23,25). The number of anilines is 1. The van der Waals surface area contributed by atoms with Crippen LogP contribution >= 0.6 is 11.3 Å². The summed E-state index contributed by atoms with van der Waals surface area (Å²) in [6.45, 7) is 2.77. The van der Waals surface area contributed by atoms with Gasteiger partial charge in [-0.15, -0.1) is 11.3 Å². The van der Waals surface area contributed by atoms with Gasteiger partial charge >= 0.3 is 0 Å². The zero-order valence-corrected chi connectivity index (χ0v) is 16.3. The van der Waals surface area contributed by atoms with E-state index in [9.17, 15) is 4.79 Å². The zero-order valence-electron chi connectivity index (χ0n) is 15.5. The van der Waals surface area contributed by atoms with Crippen LogP contribution in [0.5, 0.6) is 0 Å². The molecule has 3 aromatic rings. The van der Waals surface area contributed by atoms with Crippen molar-refractivity contribution in [1.29, 1.82) is 0 Å². The lowest BCUT2D eigenvalue weighted by Crippen LogP contribution is -2.31. The van der Waals surface area contributed by atoms with Crippen molar-refractivity contribution in [3.63, 3.8) is 0 Å². The average Bonchev–Trinajstić information content (AvgIpc) is 3.33. The third-order valence-electron chi connectivity index (χ3n) is 5.07. The Kier molecular flexibility index (Phi) is 4.66. The number of thiophene rings is 1. The minimum atomic E-state index is -0.0208. The summed E-state index contributed by atoms with van der Waals surface area (Å²) in [4.78, 5) is 22.8. The third-order valence-corrected chi connectivity index (χ3v) is 6.17. The molecule has 0 saturated heterocycles. The van der Waals surface area contributed by atoms with E-state index < -0.39 is 0 Å². The lowest BCUT2D eigenvalue weighted by atomic mass is 9.95. The number of hydrogen-bond donors (Lipinski definition) is 2. The Morgan fingerprint density at radius 1 is 1.15 bits per heavy atom. The van der Waals surface area contributed by atoms with Gasteiger partial charge in [0.05, 0.1) is 15.4 Å². The van der Waals surface area contributed by atoms with Crippen molar-refractivity contribution in [2.24, 2.45) is 0 Å². The van der Waals surface area contributed by atoms with Crippen molar-refractivity contribution in [2.45, 2.75) is 25.2 Å². The Morgan fingerprint density at radius 3 is 2.63 bits per heavy atom. The minimum Gasteiger partial charge on any atom is -0.357 e. The smallest absolute Gasteiger partial charge is 0.261 e. The van der Waals surface area contributed by atoms with Crippen molar-refractivity contribution in [1.82, 2.24) is 15.3 Å². The van der Waals surface area contributed by atoms with Gasteiger partial charge in [-0.3, -0.25) is 4.79 Å². The van der Waals surface area contributed by atoms with E-state index in [4.69, 9.17) is 0 Å². The Bertz CT molecular complexity index is 960. The van der Waals surface area contributed by atoms with Crippen LogP contribution in [0.1, 0.15) is 33.6 Å². The van der Waals surface area contributed by atoms with Gasteiger partial charge < -0.3 is 10.6 Å². The highest BCUT2D eigenvalue weighted by Gasteiger charge is 2.44. The number of amides is 1. The number of benzene rings is 1. The summed E-state index contributed by atoms with van der Waals surface area (Å²) in [5, 5.41) is 6.06. The Hall–Kier alpha value is -2.73. The molecule has 1 fully saturated rings. The van der Waals surface area contributed by atoms with Crippen LogP contribution in [0.3, 0.4) is 0 Å².